The molecule has 0 bridgehead atoms. The monoisotopic (exact) mass is 300 g/mol. The fourth-order valence-corrected chi connectivity index (χ4v) is 2.13. The van der Waals surface area contributed by atoms with E-state index in [4.69, 9.17) is 10.5 Å². The summed E-state index contributed by atoms with van der Waals surface area (Å²) in [6.45, 7) is 5.90. The molecule has 0 aliphatic rings. The van der Waals surface area contributed by atoms with Crippen LogP contribution in [0.25, 0.3) is 0 Å². The van der Waals surface area contributed by atoms with Gasteiger partial charge in [-0.15, -0.1) is 0 Å². The molecule has 118 valence electrons. The summed E-state index contributed by atoms with van der Waals surface area (Å²) < 4.78 is 7.28. The van der Waals surface area contributed by atoms with Crippen molar-refractivity contribution in [2.45, 2.75) is 33.4 Å². The highest BCUT2D eigenvalue weighted by atomic mass is 16.5. The van der Waals surface area contributed by atoms with Crippen LogP contribution in [0.1, 0.15) is 31.4 Å². The minimum Gasteiger partial charge on any atom is -0.488 e. The second kappa shape index (κ2) is 7.80. The first-order valence-electron chi connectivity index (χ1n) is 7.70. The summed E-state index contributed by atoms with van der Waals surface area (Å²) in [5, 5.41) is 0. The van der Waals surface area contributed by atoms with E-state index in [1.165, 1.54) is 0 Å². The maximum absolute atomic E-state index is 12.4. The number of nitrogens with zero attached hydrogens (tertiary/aromatic N) is 1. The van der Waals surface area contributed by atoms with E-state index < -0.39 is 0 Å². The molecule has 0 amide bonds. The molecular weight excluding hydrogens is 276 g/mol. The molecule has 1 aromatic heterocycles. The third kappa shape index (κ3) is 4.46. The number of nitrogens with two attached hydrogens (primary N) is 1. The fourth-order valence-electron chi connectivity index (χ4n) is 2.13. The fraction of sp³-hybridized carbons (Fsp3) is 0.389. The molecule has 0 aliphatic heterocycles. The largest absolute Gasteiger partial charge is 0.488 e. The lowest BCUT2D eigenvalue weighted by atomic mass is 10.1. The van der Waals surface area contributed by atoms with E-state index in [1.807, 2.05) is 30.3 Å². The van der Waals surface area contributed by atoms with E-state index in [-0.39, 0.29) is 5.56 Å². The average molecular weight is 300 g/mol. The van der Waals surface area contributed by atoms with Crippen molar-refractivity contribution in [3.8, 4) is 5.75 Å². The van der Waals surface area contributed by atoms with Crippen LogP contribution < -0.4 is 16.0 Å². The third-order valence-electron chi connectivity index (χ3n) is 3.55. The van der Waals surface area contributed by atoms with Crippen LogP contribution in [-0.2, 0) is 13.1 Å². The first-order chi connectivity index (χ1) is 10.6. The van der Waals surface area contributed by atoms with Crippen LogP contribution >= 0.6 is 0 Å². The second-order valence-electron chi connectivity index (χ2n) is 5.86. The Hall–Kier alpha value is -2.07. The summed E-state index contributed by atoms with van der Waals surface area (Å²) in [5.74, 6) is 0.980. The number of ether oxygens (including phenoxy) is 1. The van der Waals surface area contributed by atoms with Crippen molar-refractivity contribution in [2.75, 3.05) is 6.61 Å². The van der Waals surface area contributed by atoms with E-state index >= 15 is 0 Å². The van der Waals surface area contributed by atoms with Crippen LogP contribution in [0.15, 0.2) is 47.4 Å². The SMILES string of the molecule is CC(C)CCOc1cccn(Cc2ccc(CN)cc2)c1=O. The molecule has 4 heteroatoms. The zero-order chi connectivity index (χ0) is 15.9. The van der Waals surface area contributed by atoms with Gasteiger partial charge in [0.15, 0.2) is 5.75 Å². The van der Waals surface area contributed by atoms with E-state index in [0.29, 0.717) is 31.4 Å². The van der Waals surface area contributed by atoms with E-state index in [2.05, 4.69) is 13.8 Å². The lowest BCUT2D eigenvalue weighted by Crippen LogP contribution is -2.22. The number of rotatable bonds is 7. The molecule has 4 nitrogen and oxygen atoms in total. The molecule has 22 heavy (non-hydrogen) atoms. The minimum absolute atomic E-state index is 0.0887. The van der Waals surface area contributed by atoms with Crippen LogP contribution in [0.4, 0.5) is 0 Å². The molecule has 0 radical (unpaired) electrons. The molecule has 0 fully saturated rings. The Morgan fingerprint density at radius 3 is 2.45 bits per heavy atom. The topological polar surface area (TPSA) is 57.2 Å². The maximum atomic E-state index is 12.4. The van der Waals surface area contributed by atoms with Gasteiger partial charge >= 0.3 is 0 Å². The van der Waals surface area contributed by atoms with Gasteiger partial charge < -0.3 is 15.0 Å². The average Bonchev–Trinajstić information content (AvgIpc) is 2.51. The van der Waals surface area contributed by atoms with Crippen molar-refractivity contribution in [2.24, 2.45) is 11.7 Å². The van der Waals surface area contributed by atoms with Crippen LogP contribution in [0.5, 0.6) is 5.75 Å². The number of hydrogen-bond donors (Lipinski definition) is 1. The Balaban J connectivity index is 2.09. The molecule has 0 saturated carbocycles. The highest BCUT2D eigenvalue weighted by molar-refractivity contribution is 5.24. The summed E-state index contributed by atoms with van der Waals surface area (Å²) >= 11 is 0. The summed E-state index contributed by atoms with van der Waals surface area (Å²) in [7, 11) is 0. The lowest BCUT2D eigenvalue weighted by Gasteiger charge is -2.11. The molecule has 2 rings (SSSR count). The number of pyridine rings is 1. The van der Waals surface area contributed by atoms with Crippen LogP contribution in [0, 0.1) is 5.92 Å². The smallest absolute Gasteiger partial charge is 0.293 e. The van der Waals surface area contributed by atoms with Gasteiger partial charge in [-0.1, -0.05) is 38.1 Å². The van der Waals surface area contributed by atoms with Crippen LogP contribution in [-0.4, -0.2) is 11.2 Å². The van der Waals surface area contributed by atoms with Gasteiger partial charge in [0.05, 0.1) is 13.2 Å². The van der Waals surface area contributed by atoms with Crippen molar-refractivity contribution in [3.05, 3.63) is 64.1 Å². The number of benzene rings is 1. The predicted molar refractivity (Wildman–Crippen MR) is 89.1 cm³/mol. The van der Waals surface area contributed by atoms with Gasteiger partial charge in [0.1, 0.15) is 0 Å². The predicted octanol–water partition coefficient (Wildman–Crippen LogP) is 2.78. The highest BCUT2D eigenvalue weighted by Crippen LogP contribution is 2.08. The van der Waals surface area contributed by atoms with Crippen molar-refractivity contribution < 1.29 is 4.74 Å². The third-order valence-corrected chi connectivity index (χ3v) is 3.55. The van der Waals surface area contributed by atoms with Crippen LogP contribution in [0.3, 0.4) is 0 Å². The maximum Gasteiger partial charge on any atom is 0.293 e. The summed E-state index contributed by atoms with van der Waals surface area (Å²) in [6, 6.07) is 11.6. The zero-order valence-electron chi connectivity index (χ0n) is 13.3. The van der Waals surface area contributed by atoms with E-state index in [1.54, 1.807) is 16.8 Å². The number of hydrogen-bond acceptors (Lipinski definition) is 3. The minimum atomic E-state index is -0.0887. The van der Waals surface area contributed by atoms with Crippen molar-refractivity contribution in [3.63, 3.8) is 0 Å². The Bertz CT molecular complexity index is 645. The van der Waals surface area contributed by atoms with Crippen molar-refractivity contribution >= 4 is 0 Å². The first kappa shape index (κ1) is 16.3. The van der Waals surface area contributed by atoms with Gasteiger partial charge in [-0.2, -0.15) is 0 Å². The Morgan fingerprint density at radius 1 is 1.14 bits per heavy atom. The molecule has 1 aromatic carbocycles. The van der Waals surface area contributed by atoms with Crippen molar-refractivity contribution in [1.29, 1.82) is 0 Å². The lowest BCUT2D eigenvalue weighted by molar-refractivity contribution is 0.284. The quantitative estimate of drug-likeness (QED) is 0.855. The summed E-state index contributed by atoms with van der Waals surface area (Å²) in [4.78, 5) is 12.4. The van der Waals surface area contributed by atoms with Gasteiger partial charge in [0.25, 0.3) is 5.56 Å². The summed E-state index contributed by atoms with van der Waals surface area (Å²) in [5.41, 5.74) is 7.66. The Labute approximate surface area is 131 Å². The molecular formula is C18H24N2O2. The Kier molecular flexibility index (Phi) is 5.78. The molecule has 0 aliphatic carbocycles. The second-order valence-corrected chi connectivity index (χ2v) is 5.86. The van der Waals surface area contributed by atoms with Crippen LogP contribution in [0.2, 0.25) is 0 Å². The Morgan fingerprint density at radius 2 is 1.82 bits per heavy atom. The molecule has 0 spiro atoms. The van der Waals surface area contributed by atoms with E-state index in [0.717, 1.165) is 17.5 Å². The van der Waals surface area contributed by atoms with Gasteiger partial charge in [0.2, 0.25) is 0 Å². The van der Waals surface area contributed by atoms with Gasteiger partial charge in [0, 0.05) is 12.7 Å². The first-order valence-corrected chi connectivity index (χ1v) is 7.70. The molecule has 0 atom stereocenters. The molecule has 1 heterocycles. The molecule has 2 N–H and O–H groups in total. The van der Waals surface area contributed by atoms with Gasteiger partial charge in [-0.3, -0.25) is 4.79 Å². The zero-order valence-corrected chi connectivity index (χ0v) is 13.3. The normalized spacial score (nSPS) is 10.9. The van der Waals surface area contributed by atoms with Crippen molar-refractivity contribution in [1.82, 2.24) is 4.57 Å². The summed E-state index contributed by atoms with van der Waals surface area (Å²) in [6.07, 6.45) is 2.73. The van der Waals surface area contributed by atoms with E-state index in [9.17, 15) is 4.79 Å². The van der Waals surface area contributed by atoms with Gasteiger partial charge in [-0.05, 0) is 35.6 Å². The molecule has 0 saturated heterocycles. The standard InChI is InChI=1S/C18H24N2O2/c1-14(2)9-11-22-17-4-3-10-20(18(17)21)13-16-7-5-15(12-19)6-8-16/h3-8,10,14H,9,11-13,19H2,1-2H3. The molecule has 2 aromatic rings. The highest BCUT2D eigenvalue weighted by Gasteiger charge is 2.05. The number of aromatic nitrogens is 1. The van der Waals surface area contributed by atoms with Gasteiger partial charge in [-0.25, -0.2) is 0 Å². The molecule has 0 unspecified atom stereocenters.